The van der Waals surface area contributed by atoms with E-state index in [2.05, 4.69) is 29.7 Å². The van der Waals surface area contributed by atoms with Crippen molar-refractivity contribution in [3.05, 3.63) is 70.4 Å². The van der Waals surface area contributed by atoms with E-state index >= 15 is 0 Å². The van der Waals surface area contributed by atoms with E-state index in [4.69, 9.17) is 4.74 Å². The zero-order valence-electron chi connectivity index (χ0n) is 24.3. The van der Waals surface area contributed by atoms with Crippen molar-refractivity contribution in [2.24, 2.45) is 7.05 Å². The Bertz CT molecular complexity index is 1690. The van der Waals surface area contributed by atoms with E-state index in [1.54, 1.807) is 17.7 Å². The normalized spacial score (nSPS) is 15.8. The Labute approximate surface area is 245 Å². The van der Waals surface area contributed by atoms with Gasteiger partial charge in [-0.2, -0.15) is 18.3 Å². The predicted molar refractivity (Wildman–Crippen MR) is 151 cm³/mol. The molecule has 1 aromatic carbocycles. The lowest BCUT2D eigenvalue weighted by Crippen LogP contribution is -2.39. The zero-order chi connectivity index (χ0) is 31.4. The summed E-state index contributed by atoms with van der Waals surface area (Å²) in [5.41, 5.74) is -0.151. The number of hydrogen-bond acceptors (Lipinski definition) is 4. The molecule has 7 nitrogen and oxygen atoms in total. The van der Waals surface area contributed by atoms with Crippen LogP contribution in [0.3, 0.4) is 0 Å². The Morgan fingerprint density at radius 2 is 1.81 bits per heavy atom. The van der Waals surface area contributed by atoms with Crippen LogP contribution in [0.15, 0.2) is 30.6 Å². The number of ether oxygens (including phenoxy) is 1. The van der Waals surface area contributed by atoms with Crippen LogP contribution >= 0.6 is 0 Å². The van der Waals surface area contributed by atoms with Crippen LogP contribution in [0.2, 0.25) is 25.7 Å². The second kappa shape index (κ2) is 11.1. The van der Waals surface area contributed by atoms with Crippen LogP contribution in [-0.4, -0.2) is 51.4 Å². The molecule has 0 N–H and O–H groups in total. The van der Waals surface area contributed by atoms with Gasteiger partial charge in [-0.15, -0.1) is 0 Å². The second-order valence-corrected chi connectivity index (χ2v) is 17.6. The third-order valence-electron chi connectivity index (χ3n) is 7.70. The van der Waals surface area contributed by atoms with Gasteiger partial charge in [0.2, 0.25) is 0 Å². The summed E-state index contributed by atoms with van der Waals surface area (Å²) < 4.78 is 93.0. The molecule has 0 saturated heterocycles. The maximum atomic E-state index is 14.2. The largest absolute Gasteiger partial charge is 0.418 e. The molecule has 4 heterocycles. The average Bonchev–Trinajstić information content (AvgIpc) is 3.48. The Hall–Kier alpha value is -3.65. The number of fused-ring (bicyclic) bond motifs is 2. The number of aromatic nitrogens is 4. The van der Waals surface area contributed by atoms with E-state index in [0.717, 1.165) is 18.2 Å². The molecule has 0 fully saturated rings. The minimum atomic E-state index is -4.85. The Balaban J connectivity index is 1.50. The summed E-state index contributed by atoms with van der Waals surface area (Å²) in [6.07, 6.45) is -2.48. The molecule has 5 rings (SSSR count). The summed E-state index contributed by atoms with van der Waals surface area (Å²) in [7, 11) is 0.191. The van der Waals surface area contributed by atoms with Crippen molar-refractivity contribution in [2.75, 3.05) is 13.2 Å². The topological polar surface area (TPSA) is 65.2 Å². The number of halogens is 6. The van der Waals surface area contributed by atoms with Crippen LogP contribution < -0.4 is 0 Å². The summed E-state index contributed by atoms with van der Waals surface area (Å²) in [5.74, 6) is -5.16. The minimum absolute atomic E-state index is 0.0134. The van der Waals surface area contributed by atoms with E-state index in [1.807, 2.05) is 0 Å². The monoisotopic (exact) mass is 623 g/mol. The van der Waals surface area contributed by atoms with Gasteiger partial charge >= 0.3 is 6.18 Å². The van der Waals surface area contributed by atoms with Crippen LogP contribution in [0.5, 0.6) is 0 Å². The van der Waals surface area contributed by atoms with Gasteiger partial charge in [-0.1, -0.05) is 19.6 Å². The Morgan fingerprint density at radius 1 is 1.14 bits per heavy atom. The lowest BCUT2D eigenvalue weighted by molar-refractivity contribution is -0.138. The third kappa shape index (κ3) is 5.81. The van der Waals surface area contributed by atoms with Crippen molar-refractivity contribution in [3.63, 3.8) is 0 Å². The van der Waals surface area contributed by atoms with Gasteiger partial charge in [0.15, 0.2) is 17.5 Å². The molecule has 0 unspecified atom stereocenters. The number of benzene rings is 1. The molecule has 14 heteroatoms. The fourth-order valence-corrected chi connectivity index (χ4v) is 6.20. The van der Waals surface area contributed by atoms with E-state index in [-0.39, 0.29) is 36.3 Å². The van der Waals surface area contributed by atoms with Gasteiger partial charge in [0.05, 0.1) is 28.6 Å². The quantitative estimate of drug-likeness (QED) is 0.0968. The van der Waals surface area contributed by atoms with E-state index in [9.17, 15) is 31.1 Å². The molecule has 1 amide bonds. The molecular formula is C29H31F6N5O2Si. The number of pyridine rings is 1. The van der Waals surface area contributed by atoms with Crippen LogP contribution in [0.25, 0.3) is 22.3 Å². The minimum Gasteiger partial charge on any atom is -0.361 e. The van der Waals surface area contributed by atoms with Crippen LogP contribution in [-0.2, 0) is 31.1 Å². The van der Waals surface area contributed by atoms with E-state index < -0.39 is 54.8 Å². The molecule has 4 aromatic rings. The maximum Gasteiger partial charge on any atom is 0.418 e. The van der Waals surface area contributed by atoms with Gasteiger partial charge < -0.3 is 14.2 Å². The third-order valence-corrected chi connectivity index (χ3v) is 9.40. The highest BCUT2D eigenvalue weighted by Crippen LogP contribution is 2.40. The number of rotatable bonds is 7. The summed E-state index contributed by atoms with van der Waals surface area (Å²) >= 11 is 0. The van der Waals surface area contributed by atoms with Crippen molar-refractivity contribution in [1.82, 2.24) is 24.2 Å². The fourth-order valence-electron chi connectivity index (χ4n) is 5.45. The van der Waals surface area contributed by atoms with Crippen LogP contribution in [0.1, 0.15) is 40.1 Å². The zero-order valence-corrected chi connectivity index (χ0v) is 25.3. The smallest absolute Gasteiger partial charge is 0.361 e. The molecule has 1 atom stereocenters. The first-order valence-electron chi connectivity index (χ1n) is 13.7. The molecular weight excluding hydrogens is 592 g/mol. The van der Waals surface area contributed by atoms with Gasteiger partial charge in [-0.05, 0) is 37.6 Å². The summed E-state index contributed by atoms with van der Waals surface area (Å²) in [6, 6.07) is 3.30. The summed E-state index contributed by atoms with van der Waals surface area (Å²) in [4.78, 5) is 19.3. The van der Waals surface area contributed by atoms with Crippen molar-refractivity contribution < 1.29 is 35.9 Å². The SMILES string of the molecule is C[C@H]1c2nn(C)c(-c3cc(F)c(F)c(F)c3)c2CCN1C(=O)c1c(C(F)(F)F)cnc2c1ccn2COCC[Si](C)(C)C. The molecule has 0 bridgehead atoms. The number of amides is 1. The summed E-state index contributed by atoms with van der Waals surface area (Å²) in [5, 5.41) is 4.49. The van der Waals surface area contributed by atoms with Gasteiger partial charge in [-0.25, -0.2) is 18.2 Å². The van der Waals surface area contributed by atoms with E-state index in [1.165, 1.54) is 22.7 Å². The van der Waals surface area contributed by atoms with Crippen molar-refractivity contribution in [2.45, 2.75) is 58.0 Å². The molecule has 0 spiro atoms. The van der Waals surface area contributed by atoms with Crippen molar-refractivity contribution >= 4 is 25.0 Å². The highest BCUT2D eigenvalue weighted by atomic mass is 28.3. The first kappa shape index (κ1) is 30.8. The standard InChI is InChI=1S/C29H31F6N5O2Si/c1-16-25-19(26(38(2)37-25)17-12-21(30)24(32)22(31)13-17)7-9-40(16)28(41)23-18-6-8-39(15-42-10-11-43(3,4)5)27(18)36-14-20(23)29(33,34)35/h6,8,12-14,16H,7,9-11,15H2,1-5H3/t16-/m0/s1. The highest BCUT2D eigenvalue weighted by Gasteiger charge is 2.41. The molecule has 1 aliphatic rings. The van der Waals surface area contributed by atoms with Gasteiger partial charge in [-0.3, -0.25) is 9.48 Å². The maximum absolute atomic E-state index is 14.2. The van der Waals surface area contributed by atoms with E-state index in [0.29, 0.717) is 29.8 Å². The Morgan fingerprint density at radius 3 is 2.44 bits per heavy atom. The molecule has 0 radical (unpaired) electrons. The van der Waals surface area contributed by atoms with Crippen LogP contribution in [0.4, 0.5) is 26.3 Å². The number of alkyl halides is 3. The van der Waals surface area contributed by atoms with Gasteiger partial charge in [0, 0.05) is 57.2 Å². The van der Waals surface area contributed by atoms with Crippen molar-refractivity contribution in [3.8, 4) is 11.3 Å². The predicted octanol–water partition coefficient (Wildman–Crippen LogP) is 6.94. The first-order valence-corrected chi connectivity index (χ1v) is 17.4. The molecule has 1 aliphatic heterocycles. The number of carbonyl (C=O) groups is 1. The summed E-state index contributed by atoms with van der Waals surface area (Å²) in [6.45, 7) is 8.83. The molecule has 0 saturated carbocycles. The average molecular weight is 624 g/mol. The molecule has 3 aromatic heterocycles. The lowest BCUT2D eigenvalue weighted by Gasteiger charge is -2.33. The van der Waals surface area contributed by atoms with Gasteiger partial charge in [0.1, 0.15) is 12.4 Å². The Kier molecular flexibility index (Phi) is 7.96. The molecule has 0 aliphatic carbocycles. The lowest BCUT2D eigenvalue weighted by atomic mass is 9.94. The molecule has 43 heavy (non-hydrogen) atoms. The van der Waals surface area contributed by atoms with Gasteiger partial charge in [0.25, 0.3) is 5.91 Å². The number of hydrogen-bond donors (Lipinski definition) is 0. The first-order chi connectivity index (χ1) is 20.1. The highest BCUT2D eigenvalue weighted by molar-refractivity contribution is 6.76. The van der Waals surface area contributed by atoms with Crippen molar-refractivity contribution in [1.29, 1.82) is 0 Å². The second-order valence-electron chi connectivity index (χ2n) is 11.9. The molecule has 230 valence electrons. The number of nitrogens with zero attached hydrogens (tertiary/aromatic N) is 5. The number of carbonyl (C=O) groups excluding carboxylic acids is 1. The van der Waals surface area contributed by atoms with Crippen LogP contribution in [0, 0.1) is 17.5 Å². The fraction of sp³-hybridized carbons (Fsp3) is 0.414. The number of aryl methyl sites for hydroxylation is 1.